The van der Waals surface area contributed by atoms with Gasteiger partial charge in [0.2, 0.25) is 6.29 Å². The fourth-order valence-corrected chi connectivity index (χ4v) is 3.79. The number of aromatic nitrogens is 2. The predicted molar refractivity (Wildman–Crippen MR) is 134 cm³/mol. The van der Waals surface area contributed by atoms with Gasteiger partial charge in [0, 0.05) is 44.1 Å². The second-order valence-electron chi connectivity index (χ2n) is 8.63. The first-order chi connectivity index (χ1) is 15.0. The molecule has 0 bridgehead atoms. The summed E-state index contributed by atoms with van der Waals surface area (Å²) in [5.74, 6) is 1.21. The van der Waals surface area contributed by atoms with Crippen molar-refractivity contribution >= 4 is 34.6 Å². The normalized spacial score (nSPS) is 13.8. The van der Waals surface area contributed by atoms with E-state index >= 15 is 0 Å². The maximum atomic E-state index is 12.0. The highest BCUT2D eigenvalue weighted by Crippen LogP contribution is 2.32. The van der Waals surface area contributed by atoms with E-state index in [4.69, 9.17) is 9.47 Å². The Morgan fingerprint density at radius 2 is 1.84 bits per heavy atom. The molecule has 0 fully saturated rings. The van der Waals surface area contributed by atoms with Crippen LogP contribution in [0.25, 0.3) is 11.3 Å². The molecule has 0 amide bonds. The minimum Gasteiger partial charge on any atom is -0.452 e. The summed E-state index contributed by atoms with van der Waals surface area (Å²) in [6, 6.07) is 8.39. The number of hydrogen-bond acceptors (Lipinski definition) is 6. The fraction of sp³-hybridized carbons (Fsp3) is 0.480. The number of aliphatic imine (C=N–C) groups is 1. The number of nitrogens with zero attached hydrogens (tertiary/aromatic N) is 3. The standard InChI is InChI=1S/C25H35N3O3S/c1-10-32-24(29)31-18(4)30-23(22-16(2)17(3)27-28(22)9)21(15-26-8)19-11-13-20(14-12-19)25(5,6)7/h11-15,18H,10H2,1-9H3/b23-21-,26-15?. The maximum absolute atomic E-state index is 12.0. The molecule has 32 heavy (non-hydrogen) atoms. The number of benzene rings is 1. The van der Waals surface area contributed by atoms with Crippen molar-refractivity contribution in [3.63, 3.8) is 0 Å². The molecule has 1 aromatic heterocycles. The Morgan fingerprint density at radius 1 is 1.22 bits per heavy atom. The van der Waals surface area contributed by atoms with Crippen molar-refractivity contribution in [3.8, 4) is 0 Å². The van der Waals surface area contributed by atoms with E-state index in [2.05, 4.69) is 55.1 Å². The van der Waals surface area contributed by atoms with Crippen molar-refractivity contribution in [1.82, 2.24) is 9.78 Å². The number of allylic oxidation sites excluding steroid dienone is 1. The molecule has 2 aromatic rings. The van der Waals surface area contributed by atoms with E-state index in [1.165, 1.54) is 5.56 Å². The number of rotatable bonds is 7. The molecule has 0 aliphatic heterocycles. The highest BCUT2D eigenvalue weighted by Gasteiger charge is 2.24. The zero-order valence-corrected chi connectivity index (χ0v) is 21.5. The summed E-state index contributed by atoms with van der Waals surface area (Å²) < 4.78 is 13.5. The van der Waals surface area contributed by atoms with Crippen LogP contribution >= 0.6 is 11.8 Å². The quantitative estimate of drug-likeness (QED) is 0.216. The molecule has 7 heteroatoms. The van der Waals surface area contributed by atoms with Crippen molar-refractivity contribution in [1.29, 1.82) is 0 Å². The average Bonchev–Trinajstić information content (AvgIpc) is 2.96. The molecule has 0 aliphatic rings. The number of carbonyl (C=O) groups is 1. The summed E-state index contributed by atoms with van der Waals surface area (Å²) in [6.07, 6.45) is 0.999. The van der Waals surface area contributed by atoms with Crippen molar-refractivity contribution in [2.24, 2.45) is 12.0 Å². The smallest absolute Gasteiger partial charge is 0.370 e. The Balaban J connectivity index is 2.65. The molecule has 6 nitrogen and oxygen atoms in total. The topological polar surface area (TPSA) is 65.7 Å². The third-order valence-electron chi connectivity index (χ3n) is 5.11. The lowest BCUT2D eigenvalue weighted by Gasteiger charge is -2.22. The molecule has 2 rings (SSSR count). The number of thioether (sulfide) groups is 1. The number of ether oxygens (including phenoxy) is 2. The van der Waals surface area contributed by atoms with Crippen LogP contribution in [-0.2, 0) is 21.9 Å². The number of aryl methyl sites for hydroxylation is 2. The van der Waals surface area contributed by atoms with Crippen LogP contribution in [0.5, 0.6) is 0 Å². The van der Waals surface area contributed by atoms with Crippen molar-refractivity contribution in [2.45, 2.75) is 60.2 Å². The summed E-state index contributed by atoms with van der Waals surface area (Å²) in [7, 11) is 3.61. The largest absolute Gasteiger partial charge is 0.452 e. The Hall–Kier alpha value is -2.54. The third-order valence-corrected chi connectivity index (χ3v) is 5.73. The van der Waals surface area contributed by atoms with Crippen molar-refractivity contribution in [3.05, 3.63) is 52.3 Å². The Morgan fingerprint density at radius 3 is 2.31 bits per heavy atom. The van der Waals surface area contributed by atoms with Crippen LogP contribution in [0.3, 0.4) is 0 Å². The van der Waals surface area contributed by atoms with E-state index in [0.717, 1.165) is 39.8 Å². The zero-order valence-electron chi connectivity index (χ0n) is 20.6. The van der Waals surface area contributed by atoms with Crippen LogP contribution < -0.4 is 0 Å². The highest BCUT2D eigenvalue weighted by molar-refractivity contribution is 8.13. The van der Waals surface area contributed by atoms with Crippen LogP contribution in [0, 0.1) is 13.8 Å². The second-order valence-corrected chi connectivity index (χ2v) is 9.83. The summed E-state index contributed by atoms with van der Waals surface area (Å²) in [6.45, 7) is 14.2. The van der Waals surface area contributed by atoms with Gasteiger partial charge in [-0.05, 0) is 42.2 Å². The Labute approximate surface area is 196 Å². The predicted octanol–water partition coefficient (Wildman–Crippen LogP) is 6.16. The van der Waals surface area contributed by atoms with Crippen LogP contribution in [0.4, 0.5) is 4.79 Å². The molecule has 1 atom stereocenters. The molecular formula is C25H35N3O3S. The van der Waals surface area contributed by atoms with E-state index in [0.29, 0.717) is 11.5 Å². The van der Waals surface area contributed by atoms with E-state index in [9.17, 15) is 4.79 Å². The molecule has 0 saturated carbocycles. The van der Waals surface area contributed by atoms with Gasteiger partial charge < -0.3 is 9.47 Å². The molecule has 0 aliphatic carbocycles. The van der Waals surface area contributed by atoms with Gasteiger partial charge in [0.05, 0.1) is 5.69 Å². The second kappa shape index (κ2) is 10.9. The first-order valence-electron chi connectivity index (χ1n) is 10.8. The van der Waals surface area contributed by atoms with Gasteiger partial charge in [-0.3, -0.25) is 9.67 Å². The monoisotopic (exact) mass is 457 g/mol. The molecule has 0 spiro atoms. The molecular weight excluding hydrogens is 422 g/mol. The van der Waals surface area contributed by atoms with Gasteiger partial charge >= 0.3 is 5.30 Å². The summed E-state index contributed by atoms with van der Waals surface area (Å²) >= 11 is 1.11. The van der Waals surface area contributed by atoms with Gasteiger partial charge in [-0.2, -0.15) is 5.10 Å². The number of hydrogen-bond donors (Lipinski definition) is 0. The third kappa shape index (κ3) is 6.25. The van der Waals surface area contributed by atoms with Gasteiger partial charge in [-0.25, -0.2) is 4.79 Å². The van der Waals surface area contributed by atoms with E-state index in [1.807, 2.05) is 27.8 Å². The lowest BCUT2D eigenvalue weighted by Crippen LogP contribution is -2.17. The van der Waals surface area contributed by atoms with E-state index in [1.54, 1.807) is 24.9 Å². The summed E-state index contributed by atoms with van der Waals surface area (Å²) in [4.78, 5) is 16.3. The molecule has 1 unspecified atom stereocenters. The molecule has 0 N–H and O–H groups in total. The molecule has 174 valence electrons. The first-order valence-corrected chi connectivity index (χ1v) is 11.8. The fourth-order valence-electron chi connectivity index (χ4n) is 3.35. The van der Waals surface area contributed by atoms with Gasteiger partial charge in [0.25, 0.3) is 0 Å². The Kier molecular flexibility index (Phi) is 8.73. The van der Waals surface area contributed by atoms with Crippen molar-refractivity contribution in [2.75, 3.05) is 12.8 Å². The van der Waals surface area contributed by atoms with Crippen LogP contribution in [0.2, 0.25) is 0 Å². The van der Waals surface area contributed by atoms with Crippen LogP contribution in [0.15, 0.2) is 29.3 Å². The van der Waals surface area contributed by atoms with Crippen LogP contribution in [0.1, 0.15) is 62.7 Å². The molecule has 0 radical (unpaired) electrons. The molecule has 1 heterocycles. The molecule has 0 saturated heterocycles. The van der Waals surface area contributed by atoms with Gasteiger partial charge in [0.15, 0.2) is 5.76 Å². The Bertz CT molecular complexity index is 999. The lowest BCUT2D eigenvalue weighted by molar-refractivity contribution is -0.0254. The van der Waals surface area contributed by atoms with Gasteiger partial charge in [-0.15, -0.1) is 0 Å². The lowest BCUT2D eigenvalue weighted by atomic mass is 9.86. The SMILES string of the molecule is CCSC(=O)OC(C)O/C(=C(/C=NC)c1ccc(C(C)(C)C)cc1)c1c(C)c(C)nn1C. The van der Waals surface area contributed by atoms with Gasteiger partial charge in [0.1, 0.15) is 5.69 Å². The van der Waals surface area contributed by atoms with Crippen LogP contribution in [-0.4, -0.2) is 40.4 Å². The highest BCUT2D eigenvalue weighted by atomic mass is 32.2. The van der Waals surface area contributed by atoms with Gasteiger partial charge in [-0.1, -0.05) is 52.0 Å². The van der Waals surface area contributed by atoms with Crippen molar-refractivity contribution < 1.29 is 14.3 Å². The van der Waals surface area contributed by atoms with E-state index < -0.39 is 6.29 Å². The minimum absolute atomic E-state index is 0.0516. The summed E-state index contributed by atoms with van der Waals surface area (Å²) in [5, 5.41) is 4.19. The number of carbonyl (C=O) groups excluding carboxylic acids is 1. The maximum Gasteiger partial charge on any atom is 0.370 e. The minimum atomic E-state index is -0.778. The average molecular weight is 458 g/mol. The van der Waals surface area contributed by atoms with E-state index in [-0.39, 0.29) is 10.7 Å². The summed E-state index contributed by atoms with van der Waals surface area (Å²) in [5.41, 5.74) is 5.77. The first kappa shape index (κ1) is 25.7. The molecule has 1 aromatic carbocycles. The zero-order chi connectivity index (χ0) is 24.1.